The van der Waals surface area contributed by atoms with Gasteiger partial charge in [0.2, 0.25) is 5.91 Å². The SMILES string of the molecule is Cc1ccc(OCC(=O)NCCNC(=O)C2CCCO2)c(C(C)(C)C)c1. The van der Waals surface area contributed by atoms with E-state index in [4.69, 9.17) is 9.47 Å². The van der Waals surface area contributed by atoms with E-state index in [9.17, 15) is 9.59 Å². The predicted molar refractivity (Wildman–Crippen MR) is 100 cm³/mol. The first-order valence-corrected chi connectivity index (χ1v) is 9.17. The molecule has 1 aliphatic rings. The number of benzene rings is 1. The van der Waals surface area contributed by atoms with Crippen LogP contribution in [0.1, 0.15) is 44.7 Å². The summed E-state index contributed by atoms with van der Waals surface area (Å²) in [7, 11) is 0. The normalized spacial score (nSPS) is 17.0. The van der Waals surface area contributed by atoms with Gasteiger partial charge in [-0.2, -0.15) is 0 Å². The molecule has 1 atom stereocenters. The highest BCUT2D eigenvalue weighted by molar-refractivity contribution is 5.81. The smallest absolute Gasteiger partial charge is 0.258 e. The number of nitrogens with one attached hydrogen (secondary N) is 2. The average Bonchev–Trinajstić information content (AvgIpc) is 3.11. The van der Waals surface area contributed by atoms with E-state index in [0.717, 1.165) is 29.7 Å². The second-order valence-corrected chi connectivity index (χ2v) is 7.68. The van der Waals surface area contributed by atoms with Crippen LogP contribution in [0.2, 0.25) is 0 Å². The number of hydrogen-bond acceptors (Lipinski definition) is 4. The molecule has 1 aliphatic heterocycles. The Morgan fingerprint density at radius 3 is 2.62 bits per heavy atom. The van der Waals surface area contributed by atoms with Crippen molar-refractivity contribution >= 4 is 11.8 Å². The minimum Gasteiger partial charge on any atom is -0.483 e. The molecule has 0 spiro atoms. The molecule has 2 N–H and O–H groups in total. The van der Waals surface area contributed by atoms with E-state index >= 15 is 0 Å². The molecule has 1 aromatic rings. The number of carbonyl (C=O) groups is 2. The lowest BCUT2D eigenvalue weighted by atomic mass is 9.85. The van der Waals surface area contributed by atoms with Gasteiger partial charge >= 0.3 is 0 Å². The number of amides is 2. The maximum absolute atomic E-state index is 12.0. The summed E-state index contributed by atoms with van der Waals surface area (Å²) in [5.74, 6) is 0.407. The Morgan fingerprint density at radius 1 is 1.23 bits per heavy atom. The third-order valence-corrected chi connectivity index (χ3v) is 4.27. The highest BCUT2D eigenvalue weighted by atomic mass is 16.5. The summed E-state index contributed by atoms with van der Waals surface area (Å²) in [6, 6.07) is 5.97. The summed E-state index contributed by atoms with van der Waals surface area (Å²) in [5, 5.41) is 5.52. The second-order valence-electron chi connectivity index (χ2n) is 7.68. The van der Waals surface area contributed by atoms with E-state index in [2.05, 4.69) is 37.5 Å². The molecule has 0 saturated carbocycles. The lowest BCUT2D eigenvalue weighted by Crippen LogP contribution is -2.40. The summed E-state index contributed by atoms with van der Waals surface area (Å²) < 4.78 is 11.0. The number of rotatable bonds is 7. The van der Waals surface area contributed by atoms with Gasteiger partial charge in [-0.15, -0.1) is 0 Å². The molecule has 1 fully saturated rings. The number of carbonyl (C=O) groups excluding carboxylic acids is 2. The highest BCUT2D eigenvalue weighted by Gasteiger charge is 2.23. The Hall–Kier alpha value is -2.08. The third kappa shape index (κ3) is 6.02. The molecule has 2 amide bonds. The maximum Gasteiger partial charge on any atom is 0.258 e. The van der Waals surface area contributed by atoms with Crippen LogP contribution >= 0.6 is 0 Å². The Labute approximate surface area is 155 Å². The van der Waals surface area contributed by atoms with Crippen molar-refractivity contribution in [1.29, 1.82) is 0 Å². The molecule has 26 heavy (non-hydrogen) atoms. The quantitative estimate of drug-likeness (QED) is 0.728. The summed E-state index contributed by atoms with van der Waals surface area (Å²) >= 11 is 0. The first kappa shape index (κ1) is 20.2. The van der Waals surface area contributed by atoms with E-state index in [0.29, 0.717) is 19.7 Å². The van der Waals surface area contributed by atoms with Gasteiger partial charge in [0.1, 0.15) is 11.9 Å². The first-order valence-electron chi connectivity index (χ1n) is 9.17. The number of hydrogen-bond donors (Lipinski definition) is 2. The van der Waals surface area contributed by atoms with E-state index in [-0.39, 0.29) is 29.9 Å². The highest BCUT2D eigenvalue weighted by Crippen LogP contribution is 2.32. The van der Waals surface area contributed by atoms with Crippen LogP contribution < -0.4 is 15.4 Å². The maximum atomic E-state index is 12.0. The molecule has 1 saturated heterocycles. The molecule has 1 unspecified atom stereocenters. The van der Waals surface area contributed by atoms with Gasteiger partial charge in [-0.05, 0) is 36.8 Å². The molecule has 0 aromatic heterocycles. The van der Waals surface area contributed by atoms with Crippen LogP contribution in [-0.2, 0) is 19.7 Å². The summed E-state index contributed by atoms with van der Waals surface area (Å²) in [6.07, 6.45) is 1.34. The third-order valence-electron chi connectivity index (χ3n) is 4.27. The minimum absolute atomic E-state index is 0.0498. The van der Waals surface area contributed by atoms with Crippen molar-refractivity contribution in [2.24, 2.45) is 0 Å². The Kier molecular flexibility index (Phi) is 7.03. The van der Waals surface area contributed by atoms with Gasteiger partial charge in [-0.1, -0.05) is 38.5 Å². The monoisotopic (exact) mass is 362 g/mol. The Balaban J connectivity index is 1.73. The van der Waals surface area contributed by atoms with Crippen LogP contribution in [0.25, 0.3) is 0 Å². The Bertz CT molecular complexity index is 631. The van der Waals surface area contributed by atoms with Crippen LogP contribution in [0.5, 0.6) is 5.75 Å². The fourth-order valence-electron chi connectivity index (χ4n) is 2.84. The zero-order valence-corrected chi connectivity index (χ0v) is 16.2. The number of ether oxygens (including phenoxy) is 2. The molecule has 0 bridgehead atoms. The van der Waals surface area contributed by atoms with Crippen LogP contribution in [0.4, 0.5) is 0 Å². The van der Waals surface area contributed by atoms with Crippen LogP contribution in [0, 0.1) is 6.92 Å². The topological polar surface area (TPSA) is 76.7 Å². The van der Waals surface area contributed by atoms with Crippen molar-refractivity contribution in [3.05, 3.63) is 29.3 Å². The van der Waals surface area contributed by atoms with Gasteiger partial charge in [-0.3, -0.25) is 9.59 Å². The van der Waals surface area contributed by atoms with Gasteiger partial charge in [0.15, 0.2) is 6.61 Å². The molecule has 2 rings (SSSR count). The van der Waals surface area contributed by atoms with Crippen molar-refractivity contribution in [2.45, 2.75) is 52.1 Å². The van der Waals surface area contributed by atoms with Crippen molar-refractivity contribution in [1.82, 2.24) is 10.6 Å². The molecule has 0 radical (unpaired) electrons. The van der Waals surface area contributed by atoms with Crippen LogP contribution in [0.3, 0.4) is 0 Å². The number of aryl methyl sites for hydroxylation is 1. The summed E-state index contributed by atoms with van der Waals surface area (Å²) in [4.78, 5) is 23.8. The van der Waals surface area contributed by atoms with E-state index < -0.39 is 0 Å². The first-order chi connectivity index (χ1) is 12.3. The molecule has 1 heterocycles. The lowest BCUT2D eigenvalue weighted by Gasteiger charge is -2.23. The van der Waals surface area contributed by atoms with Crippen molar-refractivity contribution < 1.29 is 19.1 Å². The van der Waals surface area contributed by atoms with E-state index in [1.165, 1.54) is 0 Å². The van der Waals surface area contributed by atoms with Gasteiger partial charge in [0.05, 0.1) is 0 Å². The molecule has 144 valence electrons. The molecular weight excluding hydrogens is 332 g/mol. The standard InChI is InChI=1S/C20H30N2O4/c1-14-7-8-16(15(12-14)20(2,3)4)26-13-18(23)21-9-10-22-19(24)17-6-5-11-25-17/h7-8,12,17H,5-6,9-11,13H2,1-4H3,(H,21,23)(H,22,24). The lowest BCUT2D eigenvalue weighted by molar-refractivity contribution is -0.130. The zero-order chi connectivity index (χ0) is 19.2. The molecule has 6 nitrogen and oxygen atoms in total. The molecular formula is C20H30N2O4. The van der Waals surface area contributed by atoms with Crippen LogP contribution in [0.15, 0.2) is 18.2 Å². The van der Waals surface area contributed by atoms with Crippen LogP contribution in [-0.4, -0.2) is 44.2 Å². The van der Waals surface area contributed by atoms with Gasteiger partial charge < -0.3 is 20.1 Å². The minimum atomic E-state index is -0.341. The zero-order valence-electron chi connectivity index (χ0n) is 16.2. The van der Waals surface area contributed by atoms with Gasteiger partial charge in [-0.25, -0.2) is 0 Å². The average molecular weight is 362 g/mol. The van der Waals surface area contributed by atoms with Crippen molar-refractivity contribution in [2.75, 3.05) is 26.3 Å². The van der Waals surface area contributed by atoms with Gasteiger partial charge in [0.25, 0.3) is 5.91 Å². The van der Waals surface area contributed by atoms with Gasteiger partial charge in [0, 0.05) is 19.7 Å². The Morgan fingerprint density at radius 2 is 1.96 bits per heavy atom. The van der Waals surface area contributed by atoms with Crippen molar-refractivity contribution in [3.8, 4) is 5.75 Å². The molecule has 0 aliphatic carbocycles. The fourth-order valence-corrected chi connectivity index (χ4v) is 2.84. The van der Waals surface area contributed by atoms with Crippen molar-refractivity contribution in [3.63, 3.8) is 0 Å². The molecule has 1 aromatic carbocycles. The summed E-state index contributed by atoms with van der Waals surface area (Å²) in [6.45, 7) is 9.72. The molecule has 6 heteroatoms. The summed E-state index contributed by atoms with van der Waals surface area (Å²) in [5.41, 5.74) is 2.17. The van der Waals surface area contributed by atoms with E-state index in [1.54, 1.807) is 0 Å². The predicted octanol–water partition coefficient (Wildman–Crippen LogP) is 2.08. The fraction of sp³-hybridized carbons (Fsp3) is 0.600. The van der Waals surface area contributed by atoms with E-state index in [1.807, 2.05) is 19.1 Å². The largest absolute Gasteiger partial charge is 0.483 e. The second kappa shape index (κ2) is 9.03.